The molecule has 1 fully saturated rings. The van der Waals surface area contributed by atoms with Crippen LogP contribution in [-0.2, 0) is 17.6 Å². The zero-order chi connectivity index (χ0) is 21.1. The van der Waals surface area contributed by atoms with E-state index in [9.17, 15) is 13.6 Å². The van der Waals surface area contributed by atoms with E-state index < -0.39 is 23.5 Å². The molecule has 5 nitrogen and oxygen atoms in total. The van der Waals surface area contributed by atoms with Gasteiger partial charge in [0.05, 0.1) is 0 Å². The van der Waals surface area contributed by atoms with Crippen LogP contribution < -0.4 is 5.32 Å². The highest BCUT2D eigenvalue weighted by Gasteiger charge is 2.44. The van der Waals surface area contributed by atoms with Gasteiger partial charge in [-0.2, -0.15) is 0 Å². The maximum atomic E-state index is 14.6. The van der Waals surface area contributed by atoms with Crippen molar-refractivity contribution < 1.29 is 18.3 Å². The number of amides is 1. The molecule has 1 atom stereocenters. The normalized spacial score (nSPS) is 19.6. The Morgan fingerprint density at radius 3 is 2.86 bits per heavy atom. The van der Waals surface area contributed by atoms with Gasteiger partial charge in [-0.3, -0.25) is 0 Å². The lowest BCUT2D eigenvalue weighted by atomic mass is 9.95. The lowest BCUT2D eigenvalue weighted by Gasteiger charge is -2.26. The summed E-state index contributed by atoms with van der Waals surface area (Å²) in [6, 6.07) is 4.11. The molecule has 0 aromatic carbocycles. The summed E-state index contributed by atoms with van der Waals surface area (Å²) in [5.41, 5.74) is 1.58. The van der Waals surface area contributed by atoms with Gasteiger partial charge in [-0.25, -0.2) is 18.6 Å². The molecule has 0 spiro atoms. The zero-order valence-electron chi connectivity index (χ0n) is 17.8. The molecule has 1 N–H and O–H groups in total. The molecule has 162 valence electrons. The number of fused-ring (bicyclic) bond motifs is 1. The van der Waals surface area contributed by atoms with Gasteiger partial charge in [-0.05, 0) is 70.9 Å². The second-order valence-electron chi connectivity index (χ2n) is 9.22. The molecule has 3 heterocycles. The van der Waals surface area contributed by atoms with Crippen LogP contribution >= 0.6 is 0 Å². The second kappa shape index (κ2) is 8.84. The fourth-order valence-electron chi connectivity index (χ4n) is 3.98. The molecule has 0 bridgehead atoms. The molecule has 0 radical (unpaired) electrons. The third-order valence-electron chi connectivity index (χ3n) is 5.58. The first-order valence-electron chi connectivity index (χ1n) is 10.7. The van der Waals surface area contributed by atoms with Crippen LogP contribution in [-0.4, -0.2) is 47.1 Å². The number of pyridine rings is 1. The van der Waals surface area contributed by atoms with Gasteiger partial charge in [0.25, 0.3) is 5.92 Å². The molecular weight excluding hydrogens is 376 g/mol. The Labute approximate surface area is 172 Å². The van der Waals surface area contributed by atoms with Crippen molar-refractivity contribution in [3.05, 3.63) is 23.4 Å². The number of hydrogen-bond acceptors (Lipinski definition) is 4. The van der Waals surface area contributed by atoms with Crippen molar-refractivity contribution in [3.63, 3.8) is 0 Å². The maximum Gasteiger partial charge on any atom is 0.410 e. The van der Waals surface area contributed by atoms with Gasteiger partial charge in [0.1, 0.15) is 11.4 Å². The highest BCUT2D eigenvalue weighted by molar-refractivity contribution is 5.68. The van der Waals surface area contributed by atoms with Gasteiger partial charge in [0.15, 0.2) is 0 Å². The third kappa shape index (κ3) is 6.03. The number of anilines is 1. The number of nitrogens with one attached hydrogen (secondary N) is 1. The summed E-state index contributed by atoms with van der Waals surface area (Å²) in [6.07, 6.45) is 3.68. The number of aromatic nitrogens is 1. The molecular formula is C22H33F2N3O2. The average molecular weight is 410 g/mol. The number of hydrogen-bond donors (Lipinski definition) is 1. The van der Waals surface area contributed by atoms with Crippen LogP contribution in [0.2, 0.25) is 0 Å². The fourth-order valence-corrected chi connectivity index (χ4v) is 3.98. The fraction of sp³-hybridized carbons (Fsp3) is 0.727. The number of aryl methyl sites for hydroxylation is 2. The number of ether oxygens (including phenoxy) is 1. The van der Waals surface area contributed by atoms with E-state index in [1.807, 2.05) is 6.07 Å². The Balaban J connectivity index is 1.42. The minimum absolute atomic E-state index is 0.0694. The summed E-state index contributed by atoms with van der Waals surface area (Å²) in [5, 5.41) is 3.31. The molecule has 1 aromatic rings. The van der Waals surface area contributed by atoms with Crippen molar-refractivity contribution in [1.29, 1.82) is 0 Å². The number of nitrogens with zero attached hydrogens (tertiary/aromatic N) is 2. The van der Waals surface area contributed by atoms with Crippen molar-refractivity contribution in [3.8, 4) is 0 Å². The largest absolute Gasteiger partial charge is 0.444 e. The third-order valence-corrected chi connectivity index (χ3v) is 5.58. The lowest BCUT2D eigenvalue weighted by molar-refractivity contribution is -0.0631. The standard InChI is InChI=1S/C22H33F2N3O2/c1-21(2,3)29-20(28)27-14-11-17(15-27)22(23,24)12-5-4-8-18-10-9-16-7-6-13-25-19(16)26-18/h9-10,17H,4-8,11-15H2,1-3H3,(H,25,26)/t17-/m1/s1. The second-order valence-corrected chi connectivity index (χ2v) is 9.22. The SMILES string of the molecule is CC(C)(C)OC(=O)N1CC[C@@H](C(F)(F)CCCCc2ccc3c(n2)NCCC3)C1. The van der Waals surface area contributed by atoms with Crippen LogP contribution in [0, 0.1) is 5.92 Å². The Bertz CT molecular complexity index is 718. The van der Waals surface area contributed by atoms with Crippen molar-refractivity contribution in [2.24, 2.45) is 5.92 Å². The van der Waals surface area contributed by atoms with Crippen LogP contribution in [0.1, 0.15) is 64.1 Å². The van der Waals surface area contributed by atoms with E-state index in [-0.39, 0.29) is 13.0 Å². The summed E-state index contributed by atoms with van der Waals surface area (Å²) < 4.78 is 34.6. The predicted octanol–water partition coefficient (Wildman–Crippen LogP) is 5.04. The van der Waals surface area contributed by atoms with E-state index in [2.05, 4.69) is 16.4 Å². The van der Waals surface area contributed by atoms with Gasteiger partial charge in [0, 0.05) is 37.7 Å². The number of alkyl halides is 2. The average Bonchev–Trinajstić information content (AvgIpc) is 3.15. The van der Waals surface area contributed by atoms with Crippen molar-refractivity contribution >= 4 is 11.9 Å². The number of carbonyl (C=O) groups excluding carboxylic acids is 1. The summed E-state index contributed by atoms with van der Waals surface area (Å²) in [7, 11) is 0. The Morgan fingerprint density at radius 1 is 1.31 bits per heavy atom. The van der Waals surface area contributed by atoms with E-state index >= 15 is 0 Å². The summed E-state index contributed by atoms with van der Waals surface area (Å²) >= 11 is 0. The van der Waals surface area contributed by atoms with E-state index in [0.29, 0.717) is 32.2 Å². The number of halogens is 2. The van der Waals surface area contributed by atoms with Gasteiger partial charge < -0.3 is 15.0 Å². The Morgan fingerprint density at radius 2 is 2.10 bits per heavy atom. The van der Waals surface area contributed by atoms with Crippen molar-refractivity contribution in [1.82, 2.24) is 9.88 Å². The summed E-state index contributed by atoms with van der Waals surface area (Å²) in [6.45, 7) is 6.68. The smallest absolute Gasteiger partial charge is 0.410 e. The quantitative estimate of drug-likeness (QED) is 0.669. The molecule has 2 aliphatic heterocycles. The molecule has 1 amide bonds. The van der Waals surface area contributed by atoms with E-state index in [4.69, 9.17) is 4.74 Å². The van der Waals surface area contributed by atoms with Crippen molar-refractivity contribution in [2.45, 2.75) is 77.2 Å². The van der Waals surface area contributed by atoms with Gasteiger partial charge in [-0.15, -0.1) is 0 Å². The van der Waals surface area contributed by atoms with Crippen LogP contribution in [0.4, 0.5) is 19.4 Å². The highest BCUT2D eigenvalue weighted by Crippen LogP contribution is 2.37. The summed E-state index contributed by atoms with van der Waals surface area (Å²) in [5.74, 6) is -2.60. The molecule has 1 saturated heterocycles. The molecule has 0 unspecified atom stereocenters. The molecule has 7 heteroatoms. The number of unbranched alkanes of at least 4 members (excludes halogenated alkanes) is 1. The van der Waals surface area contributed by atoms with Gasteiger partial charge in [-0.1, -0.05) is 6.07 Å². The van der Waals surface area contributed by atoms with E-state index in [0.717, 1.165) is 30.9 Å². The molecule has 29 heavy (non-hydrogen) atoms. The Kier molecular flexibility index (Phi) is 6.64. The van der Waals surface area contributed by atoms with Crippen LogP contribution in [0.25, 0.3) is 0 Å². The number of carbonyl (C=O) groups is 1. The minimum Gasteiger partial charge on any atom is -0.444 e. The molecule has 0 saturated carbocycles. The van der Waals surface area contributed by atoms with E-state index in [1.54, 1.807) is 20.8 Å². The number of likely N-dealkylation sites (tertiary alicyclic amines) is 1. The summed E-state index contributed by atoms with van der Waals surface area (Å²) in [4.78, 5) is 18.1. The molecule has 2 aliphatic rings. The number of rotatable bonds is 6. The van der Waals surface area contributed by atoms with Crippen molar-refractivity contribution in [2.75, 3.05) is 25.0 Å². The topological polar surface area (TPSA) is 54.5 Å². The van der Waals surface area contributed by atoms with Gasteiger partial charge >= 0.3 is 6.09 Å². The lowest BCUT2D eigenvalue weighted by Crippen LogP contribution is -2.37. The zero-order valence-corrected chi connectivity index (χ0v) is 17.8. The minimum atomic E-state index is -2.76. The first-order chi connectivity index (χ1) is 13.6. The highest BCUT2D eigenvalue weighted by atomic mass is 19.3. The van der Waals surface area contributed by atoms with Crippen LogP contribution in [0.3, 0.4) is 0 Å². The van der Waals surface area contributed by atoms with Crippen LogP contribution in [0.15, 0.2) is 12.1 Å². The maximum absolute atomic E-state index is 14.6. The first-order valence-corrected chi connectivity index (χ1v) is 10.7. The monoisotopic (exact) mass is 409 g/mol. The Hall–Kier alpha value is -1.92. The molecule has 0 aliphatic carbocycles. The molecule has 3 rings (SSSR count). The molecule has 1 aromatic heterocycles. The van der Waals surface area contributed by atoms with Crippen LogP contribution in [0.5, 0.6) is 0 Å². The van der Waals surface area contributed by atoms with Gasteiger partial charge in [0.2, 0.25) is 0 Å². The first kappa shape index (κ1) is 21.8. The van der Waals surface area contributed by atoms with E-state index in [1.165, 1.54) is 10.5 Å². The predicted molar refractivity (Wildman–Crippen MR) is 109 cm³/mol.